The van der Waals surface area contributed by atoms with Gasteiger partial charge in [-0.15, -0.1) is 0 Å². The van der Waals surface area contributed by atoms with Gasteiger partial charge in [0.05, 0.1) is 0 Å². The third-order valence-electron chi connectivity index (χ3n) is 3.15. The molecule has 0 spiro atoms. The minimum atomic E-state index is -4.15. The average Bonchev–Trinajstić information content (AvgIpc) is 2.77. The lowest BCUT2D eigenvalue weighted by atomic mass is 10.1. The molecule has 1 aromatic carbocycles. The fourth-order valence-corrected chi connectivity index (χ4v) is 2.66. The van der Waals surface area contributed by atoms with Crippen LogP contribution >= 0.6 is 11.8 Å². The van der Waals surface area contributed by atoms with Crippen molar-refractivity contribution in [3.8, 4) is 0 Å². The Balaban J connectivity index is 2.03. The van der Waals surface area contributed by atoms with E-state index in [2.05, 4.69) is 25.2 Å². The number of fused-ring (bicyclic) bond motifs is 1. The van der Waals surface area contributed by atoms with Crippen molar-refractivity contribution < 1.29 is 13.2 Å². The van der Waals surface area contributed by atoms with Gasteiger partial charge < -0.3 is 9.88 Å². The molecule has 0 saturated heterocycles. The van der Waals surface area contributed by atoms with Crippen LogP contribution in [0.4, 0.5) is 13.2 Å². The second-order valence-corrected chi connectivity index (χ2v) is 6.39. The molecule has 0 fully saturated rings. The van der Waals surface area contributed by atoms with Gasteiger partial charge in [0.15, 0.2) is 0 Å². The molecule has 1 heterocycles. The predicted octanol–water partition coefficient (Wildman–Crippen LogP) is 4.39. The molecule has 2 rings (SSSR count). The predicted molar refractivity (Wildman–Crippen MR) is 82.4 cm³/mol. The first-order valence-electron chi connectivity index (χ1n) is 6.87. The molecule has 2 nitrogen and oxygen atoms in total. The number of aryl methyl sites for hydroxylation is 1. The number of hydrogen-bond acceptors (Lipinski definition) is 2. The van der Waals surface area contributed by atoms with Gasteiger partial charge in [-0.2, -0.15) is 13.2 Å². The van der Waals surface area contributed by atoms with E-state index >= 15 is 0 Å². The summed E-state index contributed by atoms with van der Waals surface area (Å²) in [5, 5.41) is 4.41. The molecular weight excluding hydrogens is 297 g/mol. The first-order valence-corrected chi connectivity index (χ1v) is 7.85. The molecule has 0 saturated carbocycles. The Hall–Kier alpha value is -1.14. The Kier molecular flexibility index (Phi) is 5.22. The standard InChI is InChI=1S/C15H19F3N2S/c1-11(2)19-10-12-3-4-14-13(9-12)5-6-20(14)7-8-21-15(16,17)18/h3-6,9,11,19H,7-8,10H2,1-2H3. The molecule has 6 heteroatoms. The summed E-state index contributed by atoms with van der Waals surface area (Å²) in [6.45, 7) is 5.33. The van der Waals surface area contributed by atoms with Gasteiger partial charge >= 0.3 is 5.51 Å². The number of nitrogens with one attached hydrogen (secondary N) is 1. The summed E-state index contributed by atoms with van der Waals surface area (Å²) in [6.07, 6.45) is 1.85. The molecule has 0 aliphatic carbocycles. The topological polar surface area (TPSA) is 17.0 Å². The van der Waals surface area contributed by atoms with Gasteiger partial charge in [0, 0.05) is 36.6 Å². The fraction of sp³-hybridized carbons (Fsp3) is 0.467. The Bertz CT molecular complexity index is 590. The monoisotopic (exact) mass is 316 g/mol. The van der Waals surface area contributed by atoms with E-state index in [9.17, 15) is 13.2 Å². The van der Waals surface area contributed by atoms with E-state index in [4.69, 9.17) is 0 Å². The summed E-state index contributed by atoms with van der Waals surface area (Å²) in [6, 6.07) is 8.45. The van der Waals surface area contributed by atoms with E-state index in [0.29, 0.717) is 12.6 Å². The Morgan fingerprint density at radius 3 is 2.67 bits per heavy atom. The minimum absolute atomic E-state index is 0.0240. The average molecular weight is 316 g/mol. The third kappa shape index (κ3) is 4.97. The summed E-state index contributed by atoms with van der Waals surface area (Å²) in [4.78, 5) is 0. The summed E-state index contributed by atoms with van der Waals surface area (Å²) in [5.41, 5.74) is -2.00. The lowest BCUT2D eigenvalue weighted by Crippen LogP contribution is -2.21. The highest BCUT2D eigenvalue weighted by Crippen LogP contribution is 2.30. The van der Waals surface area contributed by atoms with Crippen LogP contribution in [0.25, 0.3) is 10.9 Å². The SMILES string of the molecule is CC(C)NCc1ccc2c(ccn2CCSC(F)(F)F)c1. The molecule has 1 aromatic heterocycles. The number of nitrogens with zero attached hydrogens (tertiary/aromatic N) is 1. The van der Waals surface area contributed by atoms with Gasteiger partial charge in [0.25, 0.3) is 0 Å². The first-order chi connectivity index (χ1) is 9.85. The molecule has 0 atom stereocenters. The van der Waals surface area contributed by atoms with Crippen LogP contribution in [0.3, 0.4) is 0 Å². The van der Waals surface area contributed by atoms with Crippen LogP contribution in [-0.2, 0) is 13.1 Å². The highest BCUT2D eigenvalue weighted by molar-refractivity contribution is 8.00. The largest absolute Gasteiger partial charge is 0.441 e. The smallest absolute Gasteiger partial charge is 0.347 e. The highest BCUT2D eigenvalue weighted by atomic mass is 32.2. The third-order valence-corrected chi connectivity index (χ3v) is 3.86. The zero-order chi connectivity index (χ0) is 15.5. The molecular formula is C15H19F3N2S. The summed E-state index contributed by atoms with van der Waals surface area (Å²) >= 11 is 0.0240. The first kappa shape index (κ1) is 16.2. The molecule has 0 radical (unpaired) electrons. The Morgan fingerprint density at radius 2 is 2.00 bits per heavy atom. The molecule has 21 heavy (non-hydrogen) atoms. The molecule has 0 aliphatic heterocycles. The van der Waals surface area contributed by atoms with Crippen LogP contribution in [-0.4, -0.2) is 21.9 Å². The fourth-order valence-electron chi connectivity index (χ4n) is 2.14. The maximum Gasteiger partial charge on any atom is 0.441 e. The van der Waals surface area contributed by atoms with Gasteiger partial charge in [0.2, 0.25) is 0 Å². The summed E-state index contributed by atoms with van der Waals surface area (Å²) < 4.78 is 38.3. The number of halogens is 3. The van der Waals surface area contributed by atoms with E-state index in [1.54, 1.807) is 0 Å². The van der Waals surface area contributed by atoms with Gasteiger partial charge in [0.1, 0.15) is 0 Å². The van der Waals surface area contributed by atoms with Gasteiger partial charge in [-0.25, -0.2) is 0 Å². The number of thioether (sulfide) groups is 1. The van der Waals surface area contributed by atoms with Crippen molar-refractivity contribution >= 4 is 22.7 Å². The van der Waals surface area contributed by atoms with Gasteiger partial charge in [-0.1, -0.05) is 19.9 Å². The second kappa shape index (κ2) is 6.75. The molecule has 0 bridgehead atoms. The van der Waals surface area contributed by atoms with Crippen molar-refractivity contribution in [3.05, 3.63) is 36.0 Å². The van der Waals surface area contributed by atoms with Crippen molar-refractivity contribution in [2.75, 3.05) is 5.75 Å². The molecule has 0 amide bonds. The molecule has 116 valence electrons. The van der Waals surface area contributed by atoms with Crippen LogP contribution in [0.1, 0.15) is 19.4 Å². The van der Waals surface area contributed by atoms with Crippen molar-refractivity contribution in [2.45, 2.75) is 38.5 Å². The van der Waals surface area contributed by atoms with E-state index in [1.807, 2.05) is 29.0 Å². The van der Waals surface area contributed by atoms with Crippen molar-refractivity contribution in [3.63, 3.8) is 0 Å². The summed E-state index contributed by atoms with van der Waals surface area (Å²) in [5.74, 6) is 0.0317. The number of alkyl halides is 3. The number of rotatable bonds is 6. The molecule has 1 N–H and O–H groups in total. The van der Waals surface area contributed by atoms with Crippen molar-refractivity contribution in [1.82, 2.24) is 9.88 Å². The molecule has 0 aliphatic rings. The van der Waals surface area contributed by atoms with Crippen LogP contribution in [0.5, 0.6) is 0 Å². The van der Waals surface area contributed by atoms with Crippen LogP contribution in [0.2, 0.25) is 0 Å². The van der Waals surface area contributed by atoms with E-state index in [-0.39, 0.29) is 17.5 Å². The minimum Gasteiger partial charge on any atom is -0.347 e. The zero-order valence-corrected chi connectivity index (χ0v) is 12.9. The Morgan fingerprint density at radius 1 is 1.24 bits per heavy atom. The Labute approximate surface area is 126 Å². The van der Waals surface area contributed by atoms with E-state index in [1.165, 1.54) is 5.56 Å². The lowest BCUT2D eigenvalue weighted by molar-refractivity contribution is -0.0328. The molecule has 0 unspecified atom stereocenters. The molecule has 2 aromatic rings. The number of aromatic nitrogens is 1. The van der Waals surface area contributed by atoms with Crippen LogP contribution in [0, 0.1) is 0 Å². The lowest BCUT2D eigenvalue weighted by Gasteiger charge is -2.10. The van der Waals surface area contributed by atoms with Gasteiger partial charge in [-0.05, 0) is 40.9 Å². The number of benzene rings is 1. The van der Waals surface area contributed by atoms with Crippen LogP contribution < -0.4 is 5.32 Å². The van der Waals surface area contributed by atoms with Gasteiger partial charge in [-0.3, -0.25) is 0 Å². The van der Waals surface area contributed by atoms with E-state index in [0.717, 1.165) is 17.4 Å². The maximum atomic E-state index is 12.1. The van der Waals surface area contributed by atoms with Crippen molar-refractivity contribution in [1.29, 1.82) is 0 Å². The van der Waals surface area contributed by atoms with E-state index < -0.39 is 5.51 Å². The zero-order valence-electron chi connectivity index (χ0n) is 12.1. The van der Waals surface area contributed by atoms with Crippen LogP contribution in [0.15, 0.2) is 30.5 Å². The summed E-state index contributed by atoms with van der Waals surface area (Å²) in [7, 11) is 0. The highest BCUT2D eigenvalue weighted by Gasteiger charge is 2.27. The second-order valence-electron chi connectivity index (χ2n) is 5.23. The normalized spacial score (nSPS) is 12.5. The van der Waals surface area contributed by atoms with Crippen molar-refractivity contribution in [2.24, 2.45) is 0 Å². The quantitative estimate of drug-likeness (QED) is 0.851. The number of hydrogen-bond donors (Lipinski definition) is 1. The maximum absolute atomic E-state index is 12.1.